The SMILES string of the molecule is CCOc1ccc(CCNC(=O)NC(CC)CC)cc1OCC. The van der Waals surface area contributed by atoms with Gasteiger partial charge in [-0.15, -0.1) is 0 Å². The minimum atomic E-state index is -0.102. The molecule has 0 aliphatic rings. The fraction of sp³-hybridized carbons (Fsp3) is 0.611. The zero-order chi connectivity index (χ0) is 17.1. The standard InChI is InChI=1S/C18H30N2O3/c1-5-15(6-2)20-18(21)19-12-11-14-9-10-16(22-7-3)17(13-14)23-8-4/h9-10,13,15H,5-8,11-12H2,1-4H3,(H2,19,20,21). The van der Waals surface area contributed by atoms with Gasteiger partial charge in [0.05, 0.1) is 13.2 Å². The largest absolute Gasteiger partial charge is 0.490 e. The Hall–Kier alpha value is -1.91. The second kappa shape index (κ2) is 10.8. The highest BCUT2D eigenvalue weighted by atomic mass is 16.5. The molecule has 1 rings (SSSR count). The van der Waals surface area contributed by atoms with Crippen molar-refractivity contribution < 1.29 is 14.3 Å². The first kappa shape index (κ1) is 19.1. The fourth-order valence-corrected chi connectivity index (χ4v) is 2.30. The molecule has 0 unspecified atom stereocenters. The maximum atomic E-state index is 11.8. The van der Waals surface area contributed by atoms with E-state index in [0.717, 1.165) is 36.3 Å². The van der Waals surface area contributed by atoms with Crippen molar-refractivity contribution in [3.8, 4) is 11.5 Å². The van der Waals surface area contributed by atoms with Crippen LogP contribution in [0.2, 0.25) is 0 Å². The summed E-state index contributed by atoms with van der Waals surface area (Å²) in [6.45, 7) is 9.84. The Morgan fingerprint density at radius 2 is 1.70 bits per heavy atom. The van der Waals surface area contributed by atoms with Crippen LogP contribution in [0.25, 0.3) is 0 Å². The first-order valence-corrected chi connectivity index (χ1v) is 8.57. The number of carbonyl (C=O) groups excluding carboxylic acids is 1. The van der Waals surface area contributed by atoms with Gasteiger partial charge in [0.1, 0.15) is 0 Å². The highest BCUT2D eigenvalue weighted by Crippen LogP contribution is 2.28. The maximum absolute atomic E-state index is 11.8. The van der Waals surface area contributed by atoms with Gasteiger partial charge in [0.25, 0.3) is 0 Å². The van der Waals surface area contributed by atoms with Gasteiger partial charge < -0.3 is 20.1 Å². The van der Waals surface area contributed by atoms with Crippen LogP contribution in [-0.4, -0.2) is 31.8 Å². The van der Waals surface area contributed by atoms with E-state index in [4.69, 9.17) is 9.47 Å². The molecule has 0 aliphatic heterocycles. The molecule has 0 heterocycles. The van der Waals surface area contributed by atoms with Gasteiger partial charge in [-0.05, 0) is 50.8 Å². The van der Waals surface area contributed by atoms with Crippen LogP contribution >= 0.6 is 0 Å². The number of hydrogen-bond acceptors (Lipinski definition) is 3. The summed E-state index contributed by atoms with van der Waals surface area (Å²) in [6.07, 6.45) is 2.64. The number of ether oxygens (including phenoxy) is 2. The summed E-state index contributed by atoms with van der Waals surface area (Å²) >= 11 is 0. The lowest BCUT2D eigenvalue weighted by atomic mass is 10.1. The first-order valence-electron chi connectivity index (χ1n) is 8.57. The Morgan fingerprint density at radius 3 is 2.30 bits per heavy atom. The highest BCUT2D eigenvalue weighted by Gasteiger charge is 2.09. The molecule has 0 fully saturated rings. The molecule has 0 aliphatic carbocycles. The van der Waals surface area contributed by atoms with E-state index >= 15 is 0 Å². The molecule has 2 amide bonds. The lowest BCUT2D eigenvalue weighted by Gasteiger charge is -2.16. The third-order valence-corrected chi connectivity index (χ3v) is 3.63. The molecule has 0 aromatic heterocycles. The molecule has 5 heteroatoms. The lowest BCUT2D eigenvalue weighted by molar-refractivity contribution is 0.236. The number of amides is 2. The second-order valence-electron chi connectivity index (χ2n) is 5.31. The summed E-state index contributed by atoms with van der Waals surface area (Å²) in [5, 5.41) is 5.86. The summed E-state index contributed by atoms with van der Waals surface area (Å²) in [4.78, 5) is 11.8. The Morgan fingerprint density at radius 1 is 1.04 bits per heavy atom. The van der Waals surface area contributed by atoms with Gasteiger partial charge in [-0.3, -0.25) is 0 Å². The highest BCUT2D eigenvalue weighted by molar-refractivity contribution is 5.74. The maximum Gasteiger partial charge on any atom is 0.315 e. The molecule has 1 aromatic rings. The van der Waals surface area contributed by atoms with Gasteiger partial charge in [-0.25, -0.2) is 4.79 Å². The van der Waals surface area contributed by atoms with Gasteiger partial charge >= 0.3 is 6.03 Å². The third kappa shape index (κ3) is 6.80. The number of rotatable bonds is 10. The number of nitrogens with one attached hydrogen (secondary N) is 2. The van der Waals surface area contributed by atoms with E-state index in [0.29, 0.717) is 19.8 Å². The molecule has 0 bridgehead atoms. The Bertz CT molecular complexity index is 473. The predicted octanol–water partition coefficient (Wildman–Crippen LogP) is 3.51. The van der Waals surface area contributed by atoms with Crippen molar-refractivity contribution in [1.29, 1.82) is 0 Å². The van der Waals surface area contributed by atoms with Crippen molar-refractivity contribution in [2.24, 2.45) is 0 Å². The van der Waals surface area contributed by atoms with E-state index in [-0.39, 0.29) is 12.1 Å². The Balaban J connectivity index is 2.51. The van der Waals surface area contributed by atoms with Crippen molar-refractivity contribution in [2.45, 2.75) is 53.0 Å². The molecule has 0 spiro atoms. The van der Waals surface area contributed by atoms with Crippen molar-refractivity contribution in [3.05, 3.63) is 23.8 Å². The van der Waals surface area contributed by atoms with Crippen molar-refractivity contribution in [1.82, 2.24) is 10.6 Å². The fourth-order valence-electron chi connectivity index (χ4n) is 2.30. The average molecular weight is 322 g/mol. The van der Waals surface area contributed by atoms with Crippen molar-refractivity contribution in [3.63, 3.8) is 0 Å². The van der Waals surface area contributed by atoms with Crippen molar-refractivity contribution in [2.75, 3.05) is 19.8 Å². The van der Waals surface area contributed by atoms with Gasteiger partial charge in [0.15, 0.2) is 11.5 Å². The molecule has 23 heavy (non-hydrogen) atoms. The molecule has 0 atom stereocenters. The molecule has 0 radical (unpaired) electrons. The summed E-state index contributed by atoms with van der Waals surface area (Å²) in [7, 11) is 0. The van der Waals surface area contributed by atoms with Crippen LogP contribution in [0.15, 0.2) is 18.2 Å². The van der Waals surface area contributed by atoms with Gasteiger partial charge in [-0.2, -0.15) is 0 Å². The predicted molar refractivity (Wildman–Crippen MR) is 93.4 cm³/mol. The van der Waals surface area contributed by atoms with E-state index in [1.54, 1.807) is 0 Å². The number of urea groups is 1. The van der Waals surface area contributed by atoms with Gasteiger partial charge in [0.2, 0.25) is 0 Å². The summed E-state index contributed by atoms with van der Waals surface area (Å²) in [6, 6.07) is 6.05. The van der Waals surface area contributed by atoms with E-state index in [9.17, 15) is 4.79 Å². The number of benzene rings is 1. The molecular weight excluding hydrogens is 292 g/mol. The molecule has 1 aromatic carbocycles. The minimum Gasteiger partial charge on any atom is -0.490 e. The monoisotopic (exact) mass is 322 g/mol. The average Bonchev–Trinajstić information content (AvgIpc) is 2.55. The van der Waals surface area contributed by atoms with E-state index < -0.39 is 0 Å². The van der Waals surface area contributed by atoms with Crippen LogP contribution in [0.5, 0.6) is 11.5 Å². The third-order valence-electron chi connectivity index (χ3n) is 3.63. The molecule has 5 nitrogen and oxygen atoms in total. The minimum absolute atomic E-state index is 0.102. The normalized spacial score (nSPS) is 10.5. The smallest absolute Gasteiger partial charge is 0.315 e. The molecule has 130 valence electrons. The van der Waals surface area contributed by atoms with Crippen LogP contribution < -0.4 is 20.1 Å². The Labute approximate surface area is 139 Å². The summed E-state index contributed by atoms with van der Waals surface area (Å²) in [5.74, 6) is 1.52. The number of hydrogen-bond donors (Lipinski definition) is 2. The van der Waals surface area contributed by atoms with Crippen LogP contribution in [0, 0.1) is 0 Å². The molecule has 0 saturated carbocycles. The first-order chi connectivity index (χ1) is 11.1. The molecular formula is C18H30N2O3. The molecule has 2 N–H and O–H groups in total. The quantitative estimate of drug-likeness (QED) is 0.693. The van der Waals surface area contributed by atoms with E-state index in [1.165, 1.54) is 0 Å². The number of carbonyl (C=O) groups is 1. The van der Waals surface area contributed by atoms with Crippen LogP contribution in [0.4, 0.5) is 4.79 Å². The second-order valence-corrected chi connectivity index (χ2v) is 5.31. The van der Waals surface area contributed by atoms with Gasteiger partial charge in [0, 0.05) is 12.6 Å². The zero-order valence-electron chi connectivity index (χ0n) is 14.8. The van der Waals surface area contributed by atoms with Crippen LogP contribution in [0.1, 0.15) is 46.1 Å². The molecule has 0 saturated heterocycles. The van der Waals surface area contributed by atoms with Crippen molar-refractivity contribution >= 4 is 6.03 Å². The van der Waals surface area contributed by atoms with E-state index in [1.807, 2.05) is 32.0 Å². The van der Waals surface area contributed by atoms with E-state index in [2.05, 4.69) is 24.5 Å². The topological polar surface area (TPSA) is 59.6 Å². The van der Waals surface area contributed by atoms with Crippen LogP contribution in [0.3, 0.4) is 0 Å². The summed E-state index contributed by atoms with van der Waals surface area (Å²) in [5.41, 5.74) is 1.11. The summed E-state index contributed by atoms with van der Waals surface area (Å²) < 4.78 is 11.2. The Kier molecular flexibility index (Phi) is 8.95. The zero-order valence-corrected chi connectivity index (χ0v) is 14.8. The lowest BCUT2D eigenvalue weighted by Crippen LogP contribution is -2.42. The van der Waals surface area contributed by atoms with Gasteiger partial charge in [-0.1, -0.05) is 19.9 Å². The van der Waals surface area contributed by atoms with Crippen LogP contribution in [-0.2, 0) is 6.42 Å².